The van der Waals surface area contributed by atoms with Crippen LogP contribution in [0.1, 0.15) is 12.8 Å². The van der Waals surface area contributed by atoms with Crippen molar-refractivity contribution in [2.45, 2.75) is 18.9 Å². The Kier molecular flexibility index (Phi) is 2.83. The first-order valence-corrected chi connectivity index (χ1v) is 6.19. The summed E-state index contributed by atoms with van der Waals surface area (Å²) in [6.07, 6.45) is 2.30. The Morgan fingerprint density at radius 1 is 1.58 bits per heavy atom. The zero-order valence-corrected chi connectivity index (χ0v) is 10.2. The minimum atomic E-state index is -0.462. The summed E-state index contributed by atoms with van der Waals surface area (Å²) in [4.78, 5) is 14.6. The van der Waals surface area contributed by atoms with E-state index in [1.54, 1.807) is 12.1 Å². The second kappa shape index (κ2) is 4.51. The van der Waals surface area contributed by atoms with Crippen molar-refractivity contribution >= 4 is 22.8 Å². The van der Waals surface area contributed by atoms with Crippen LogP contribution in [0.15, 0.2) is 22.6 Å². The lowest BCUT2D eigenvalue weighted by Crippen LogP contribution is -2.30. The van der Waals surface area contributed by atoms with E-state index in [0.29, 0.717) is 24.1 Å². The van der Waals surface area contributed by atoms with Crippen LogP contribution in [0, 0.1) is 16.0 Å². The number of nitrogens with one attached hydrogen (secondary N) is 1. The van der Waals surface area contributed by atoms with Gasteiger partial charge in [-0.1, -0.05) is 6.07 Å². The lowest BCUT2D eigenvalue weighted by Gasteiger charge is -2.13. The second-order valence-corrected chi connectivity index (χ2v) is 4.72. The zero-order chi connectivity index (χ0) is 13.4. The number of benzene rings is 1. The third-order valence-corrected chi connectivity index (χ3v) is 3.35. The molecule has 1 fully saturated rings. The molecule has 0 aliphatic heterocycles. The van der Waals surface area contributed by atoms with Crippen molar-refractivity contribution in [2.75, 3.05) is 11.9 Å². The molecule has 0 radical (unpaired) electrons. The number of non-ortho nitro benzene ring substituents is 1. The molecule has 0 spiro atoms. The van der Waals surface area contributed by atoms with Gasteiger partial charge in [0.1, 0.15) is 0 Å². The number of oxazole rings is 1. The third-order valence-electron chi connectivity index (χ3n) is 3.35. The molecule has 0 saturated heterocycles. The maximum absolute atomic E-state index is 10.9. The predicted octanol–water partition coefficient (Wildman–Crippen LogP) is 1.89. The molecule has 3 N–H and O–H groups in total. The Hall–Kier alpha value is -2.15. The van der Waals surface area contributed by atoms with E-state index in [1.165, 1.54) is 6.07 Å². The summed E-state index contributed by atoms with van der Waals surface area (Å²) >= 11 is 0. The van der Waals surface area contributed by atoms with Crippen LogP contribution < -0.4 is 11.1 Å². The van der Waals surface area contributed by atoms with Gasteiger partial charge in [-0.25, -0.2) is 0 Å². The van der Waals surface area contributed by atoms with Gasteiger partial charge in [-0.2, -0.15) is 4.98 Å². The molecule has 1 aromatic carbocycles. The summed E-state index contributed by atoms with van der Waals surface area (Å²) in [5.74, 6) is 0.551. The first kappa shape index (κ1) is 11.9. The van der Waals surface area contributed by atoms with Crippen LogP contribution in [0.4, 0.5) is 11.7 Å². The smallest absolute Gasteiger partial charge is 0.298 e. The summed E-state index contributed by atoms with van der Waals surface area (Å²) in [5, 5.41) is 14.0. The van der Waals surface area contributed by atoms with E-state index in [9.17, 15) is 10.1 Å². The number of nitro benzene ring substituents is 1. The van der Waals surface area contributed by atoms with Gasteiger partial charge < -0.3 is 15.5 Å². The van der Waals surface area contributed by atoms with E-state index in [2.05, 4.69) is 10.3 Å². The topological polar surface area (TPSA) is 107 Å². The molecule has 1 aliphatic carbocycles. The number of para-hydroxylation sites is 1. The van der Waals surface area contributed by atoms with E-state index in [4.69, 9.17) is 10.2 Å². The quantitative estimate of drug-likeness (QED) is 0.629. The van der Waals surface area contributed by atoms with Gasteiger partial charge in [0.25, 0.3) is 11.7 Å². The van der Waals surface area contributed by atoms with Gasteiger partial charge in [0, 0.05) is 18.7 Å². The van der Waals surface area contributed by atoms with Crippen molar-refractivity contribution in [3.8, 4) is 0 Å². The first-order chi connectivity index (χ1) is 9.19. The Bertz CT molecular complexity index is 620. The lowest BCUT2D eigenvalue weighted by atomic mass is 10.2. The number of hydrogen-bond acceptors (Lipinski definition) is 6. The van der Waals surface area contributed by atoms with Crippen molar-refractivity contribution < 1.29 is 9.34 Å². The molecule has 100 valence electrons. The van der Waals surface area contributed by atoms with Gasteiger partial charge in [0.2, 0.25) is 0 Å². The number of nitrogens with two attached hydrogens (primary N) is 1. The number of rotatable bonds is 5. The highest BCUT2D eigenvalue weighted by Crippen LogP contribution is 2.34. The van der Waals surface area contributed by atoms with Crippen LogP contribution in [0.25, 0.3) is 11.1 Å². The predicted molar refractivity (Wildman–Crippen MR) is 69.9 cm³/mol. The van der Waals surface area contributed by atoms with E-state index in [-0.39, 0.29) is 17.2 Å². The molecular formula is C12H14N4O3. The van der Waals surface area contributed by atoms with Gasteiger partial charge in [-0.15, -0.1) is 0 Å². The third kappa shape index (κ3) is 2.24. The van der Waals surface area contributed by atoms with Crippen molar-refractivity contribution in [1.29, 1.82) is 0 Å². The zero-order valence-electron chi connectivity index (χ0n) is 10.2. The van der Waals surface area contributed by atoms with Gasteiger partial charge in [-0.3, -0.25) is 10.1 Å². The van der Waals surface area contributed by atoms with Gasteiger partial charge in [0.15, 0.2) is 11.1 Å². The van der Waals surface area contributed by atoms with Crippen molar-refractivity contribution in [3.05, 3.63) is 28.3 Å². The van der Waals surface area contributed by atoms with Crippen LogP contribution >= 0.6 is 0 Å². The number of fused-ring (bicyclic) bond motifs is 1. The van der Waals surface area contributed by atoms with E-state index in [1.807, 2.05) is 0 Å². The maximum atomic E-state index is 10.9. The minimum Gasteiger partial charge on any atom is -0.423 e. The van der Waals surface area contributed by atoms with Crippen LogP contribution in [-0.2, 0) is 0 Å². The fourth-order valence-corrected chi connectivity index (χ4v) is 2.17. The number of anilines is 1. The SMILES string of the molecule is NCC(Nc1nc2c([N+](=O)[O-])cccc2o1)C1CC1. The van der Waals surface area contributed by atoms with Crippen LogP contribution in [0.5, 0.6) is 0 Å². The Morgan fingerprint density at radius 3 is 3.00 bits per heavy atom. The van der Waals surface area contributed by atoms with Gasteiger partial charge in [0.05, 0.1) is 4.92 Å². The molecule has 1 aliphatic rings. The summed E-state index contributed by atoms with van der Waals surface area (Å²) < 4.78 is 5.49. The van der Waals surface area contributed by atoms with Gasteiger partial charge >= 0.3 is 0 Å². The molecule has 7 heteroatoms. The summed E-state index contributed by atoms with van der Waals surface area (Å²) in [5.41, 5.74) is 6.31. The fourth-order valence-electron chi connectivity index (χ4n) is 2.17. The average molecular weight is 262 g/mol. The van der Waals surface area contributed by atoms with E-state index < -0.39 is 4.92 Å². The van der Waals surface area contributed by atoms with E-state index in [0.717, 1.165) is 12.8 Å². The normalized spacial score (nSPS) is 16.5. The number of aromatic nitrogens is 1. The van der Waals surface area contributed by atoms with Crippen molar-refractivity contribution in [1.82, 2.24) is 4.98 Å². The molecule has 1 aromatic heterocycles. The Balaban J connectivity index is 1.92. The van der Waals surface area contributed by atoms with E-state index >= 15 is 0 Å². The van der Waals surface area contributed by atoms with Gasteiger partial charge in [-0.05, 0) is 24.8 Å². The molecule has 0 amide bonds. The molecule has 1 saturated carbocycles. The van der Waals surface area contributed by atoms with Crippen LogP contribution in [0.3, 0.4) is 0 Å². The monoisotopic (exact) mass is 262 g/mol. The van der Waals surface area contributed by atoms with Crippen LogP contribution in [-0.4, -0.2) is 22.5 Å². The molecule has 19 heavy (non-hydrogen) atoms. The summed E-state index contributed by atoms with van der Waals surface area (Å²) in [6, 6.07) is 5.07. The highest BCUT2D eigenvalue weighted by molar-refractivity contribution is 5.84. The van der Waals surface area contributed by atoms with Crippen molar-refractivity contribution in [2.24, 2.45) is 11.7 Å². The lowest BCUT2D eigenvalue weighted by molar-refractivity contribution is -0.383. The largest absolute Gasteiger partial charge is 0.423 e. The Morgan fingerprint density at radius 2 is 2.37 bits per heavy atom. The second-order valence-electron chi connectivity index (χ2n) is 4.72. The highest BCUT2D eigenvalue weighted by Gasteiger charge is 2.31. The number of nitrogens with zero attached hydrogens (tertiary/aromatic N) is 2. The van der Waals surface area contributed by atoms with Crippen molar-refractivity contribution in [3.63, 3.8) is 0 Å². The van der Waals surface area contributed by atoms with Crippen LogP contribution in [0.2, 0.25) is 0 Å². The first-order valence-electron chi connectivity index (χ1n) is 6.19. The number of nitro groups is 1. The fraction of sp³-hybridized carbons (Fsp3) is 0.417. The molecule has 1 atom stereocenters. The Labute approximate surface area is 108 Å². The average Bonchev–Trinajstić information content (AvgIpc) is 3.14. The minimum absolute atomic E-state index is 0.0509. The summed E-state index contributed by atoms with van der Waals surface area (Å²) in [7, 11) is 0. The maximum Gasteiger partial charge on any atom is 0.298 e. The summed E-state index contributed by atoms with van der Waals surface area (Å²) in [6.45, 7) is 0.492. The molecular weight excluding hydrogens is 248 g/mol. The number of hydrogen-bond donors (Lipinski definition) is 2. The molecule has 1 heterocycles. The molecule has 0 bridgehead atoms. The standard InChI is InChI=1S/C12H14N4O3/c13-6-8(7-4-5-7)14-12-15-11-9(16(17)18)2-1-3-10(11)19-12/h1-3,7-8H,4-6,13H2,(H,14,15). The molecule has 3 rings (SSSR count). The molecule has 7 nitrogen and oxygen atoms in total. The molecule has 1 unspecified atom stereocenters. The molecule has 2 aromatic rings. The highest BCUT2D eigenvalue weighted by atomic mass is 16.6.